The molecule has 0 aromatic carbocycles. The van der Waals surface area contributed by atoms with Crippen LogP contribution in [0, 0.1) is 6.58 Å². The lowest BCUT2D eigenvalue weighted by atomic mass is 10.1. The van der Waals surface area contributed by atoms with E-state index in [2.05, 4.69) is 24.8 Å². The van der Waals surface area contributed by atoms with Crippen molar-refractivity contribution in [3.8, 4) is 0 Å². The molecule has 0 aromatic heterocycles. The molecule has 0 aliphatic rings. The molecule has 0 nitrogen and oxygen atoms in total. The Balaban J connectivity index is 2.99. The molecule has 1 radical (unpaired) electrons. The maximum absolute atomic E-state index is 5.11. The van der Waals surface area contributed by atoms with E-state index in [9.17, 15) is 0 Å². The lowest BCUT2D eigenvalue weighted by molar-refractivity contribution is 0.652. The van der Waals surface area contributed by atoms with Crippen LogP contribution in [0.5, 0.6) is 0 Å². The number of hydrogen-bond donors (Lipinski definition) is 0. The predicted molar refractivity (Wildman–Crippen MR) is 59.5 cm³/mol. The summed E-state index contributed by atoms with van der Waals surface area (Å²) in [5.74, 6) is 0. The summed E-state index contributed by atoms with van der Waals surface area (Å²) in [7, 11) is 0. The van der Waals surface area contributed by atoms with Crippen molar-refractivity contribution in [1.82, 2.24) is 0 Å². The maximum atomic E-state index is 5.11. The second kappa shape index (κ2) is 11.3. The van der Waals surface area contributed by atoms with Crippen LogP contribution >= 0.6 is 0 Å². The Bertz CT molecular complexity index is 159. The Kier molecular flexibility index (Phi) is 10.6. The molecular formula is C13H21. The minimum Gasteiger partial charge on any atom is -0.125 e. The Morgan fingerprint density at radius 2 is 1.69 bits per heavy atom. The van der Waals surface area contributed by atoms with Crippen LogP contribution in [0.3, 0.4) is 0 Å². The Morgan fingerprint density at radius 3 is 2.31 bits per heavy atom. The predicted octanol–water partition coefficient (Wildman–Crippen LogP) is 4.44. The number of hydrogen-bond acceptors (Lipinski definition) is 0. The van der Waals surface area contributed by atoms with Gasteiger partial charge < -0.3 is 0 Å². The highest BCUT2D eigenvalue weighted by Crippen LogP contribution is 2.06. The molecule has 13 heavy (non-hydrogen) atoms. The lowest BCUT2D eigenvalue weighted by Gasteiger charge is -1.95. The average molecular weight is 177 g/mol. The molecule has 0 aliphatic heterocycles. The van der Waals surface area contributed by atoms with E-state index in [0.29, 0.717) is 0 Å². The van der Waals surface area contributed by atoms with Gasteiger partial charge in [0, 0.05) is 0 Å². The van der Waals surface area contributed by atoms with E-state index in [4.69, 9.17) is 6.58 Å². The van der Waals surface area contributed by atoms with Gasteiger partial charge in [-0.15, -0.1) is 5.73 Å². The number of allylic oxidation sites excluding steroid dienone is 3. The number of rotatable bonds is 8. The molecular weight excluding hydrogens is 156 g/mol. The smallest absolute Gasteiger partial charge is 0.0126 e. The van der Waals surface area contributed by atoms with Crippen molar-refractivity contribution in [2.24, 2.45) is 0 Å². The summed E-state index contributed by atoms with van der Waals surface area (Å²) in [6.07, 6.45) is 15.2. The van der Waals surface area contributed by atoms with Crippen LogP contribution in [-0.2, 0) is 0 Å². The zero-order chi connectivity index (χ0) is 9.78. The minimum atomic E-state index is 1.08. The second-order valence-electron chi connectivity index (χ2n) is 3.24. The van der Waals surface area contributed by atoms with Gasteiger partial charge in [0.1, 0.15) is 0 Å². The molecule has 0 saturated carbocycles. The van der Waals surface area contributed by atoms with E-state index in [0.717, 1.165) is 12.8 Å². The molecule has 0 heteroatoms. The van der Waals surface area contributed by atoms with Crippen molar-refractivity contribution in [3.05, 3.63) is 30.5 Å². The fourth-order valence-corrected chi connectivity index (χ4v) is 1.23. The van der Waals surface area contributed by atoms with Crippen LogP contribution in [0.4, 0.5) is 0 Å². The van der Waals surface area contributed by atoms with Crippen LogP contribution in [-0.4, -0.2) is 0 Å². The van der Waals surface area contributed by atoms with Crippen LogP contribution in [0.2, 0.25) is 0 Å². The molecule has 0 atom stereocenters. The normalized spacial score (nSPS) is 10.2. The molecule has 0 bridgehead atoms. The summed E-state index contributed by atoms with van der Waals surface area (Å²) in [5.41, 5.74) is 2.55. The molecule has 0 N–H and O–H groups in total. The SMILES string of the molecule is [CH]=C=CCCCCCCC=CCC. The Morgan fingerprint density at radius 1 is 1.00 bits per heavy atom. The number of unbranched alkanes of at least 4 members (excludes halogenated alkanes) is 5. The average Bonchev–Trinajstić information content (AvgIpc) is 2.16. The molecule has 0 amide bonds. The van der Waals surface area contributed by atoms with E-state index in [1.807, 2.05) is 6.08 Å². The quantitative estimate of drug-likeness (QED) is 0.292. The van der Waals surface area contributed by atoms with Gasteiger partial charge in [0.2, 0.25) is 0 Å². The summed E-state index contributed by atoms with van der Waals surface area (Å²) < 4.78 is 0. The van der Waals surface area contributed by atoms with Crippen LogP contribution in [0.1, 0.15) is 51.9 Å². The summed E-state index contributed by atoms with van der Waals surface area (Å²) >= 11 is 0. The first-order valence-electron chi connectivity index (χ1n) is 5.34. The summed E-state index contributed by atoms with van der Waals surface area (Å²) in [4.78, 5) is 0. The van der Waals surface area contributed by atoms with Gasteiger partial charge >= 0.3 is 0 Å². The molecule has 0 rings (SSSR count). The summed E-state index contributed by atoms with van der Waals surface area (Å²) in [5, 5.41) is 0. The summed E-state index contributed by atoms with van der Waals surface area (Å²) in [6.45, 7) is 7.28. The third kappa shape index (κ3) is 11.3. The molecule has 0 heterocycles. The first-order chi connectivity index (χ1) is 6.41. The van der Waals surface area contributed by atoms with Crippen molar-refractivity contribution in [3.63, 3.8) is 0 Å². The Hall–Kier alpha value is -0.740. The monoisotopic (exact) mass is 177 g/mol. The van der Waals surface area contributed by atoms with Gasteiger partial charge in [-0.05, 0) is 44.8 Å². The zero-order valence-electron chi connectivity index (χ0n) is 8.76. The highest BCUT2D eigenvalue weighted by Gasteiger charge is 1.86. The third-order valence-corrected chi connectivity index (χ3v) is 1.99. The fraction of sp³-hybridized carbons (Fsp3) is 0.615. The molecule has 0 fully saturated rings. The van der Waals surface area contributed by atoms with Crippen molar-refractivity contribution in [2.45, 2.75) is 51.9 Å². The van der Waals surface area contributed by atoms with E-state index in [-0.39, 0.29) is 0 Å². The van der Waals surface area contributed by atoms with Gasteiger partial charge in [-0.2, -0.15) is 0 Å². The van der Waals surface area contributed by atoms with E-state index < -0.39 is 0 Å². The van der Waals surface area contributed by atoms with Crippen molar-refractivity contribution >= 4 is 0 Å². The standard InChI is InChI=1S/C13H21/c1-3-5-7-9-11-13-12-10-8-6-4-2/h1,5-6,8H,4,7,9-13H2,2H3. The van der Waals surface area contributed by atoms with E-state index in [1.165, 1.54) is 32.1 Å². The minimum absolute atomic E-state index is 1.08. The molecule has 0 saturated heterocycles. The van der Waals surface area contributed by atoms with Crippen molar-refractivity contribution in [1.29, 1.82) is 0 Å². The second-order valence-corrected chi connectivity index (χ2v) is 3.24. The van der Waals surface area contributed by atoms with E-state index >= 15 is 0 Å². The first-order valence-corrected chi connectivity index (χ1v) is 5.34. The highest BCUT2D eigenvalue weighted by molar-refractivity contribution is 4.79. The summed E-state index contributed by atoms with van der Waals surface area (Å²) in [6, 6.07) is 0. The van der Waals surface area contributed by atoms with Crippen LogP contribution in [0.25, 0.3) is 0 Å². The topological polar surface area (TPSA) is 0 Å². The van der Waals surface area contributed by atoms with Crippen LogP contribution < -0.4 is 0 Å². The van der Waals surface area contributed by atoms with Crippen molar-refractivity contribution in [2.75, 3.05) is 0 Å². The highest BCUT2D eigenvalue weighted by atomic mass is 13.9. The Labute approximate surface area is 83.0 Å². The van der Waals surface area contributed by atoms with Gasteiger partial charge in [0.15, 0.2) is 0 Å². The van der Waals surface area contributed by atoms with E-state index in [1.54, 1.807) is 0 Å². The van der Waals surface area contributed by atoms with Gasteiger partial charge in [0.25, 0.3) is 0 Å². The molecule has 0 spiro atoms. The van der Waals surface area contributed by atoms with Crippen LogP contribution in [0.15, 0.2) is 24.0 Å². The lowest BCUT2D eigenvalue weighted by Crippen LogP contribution is -1.76. The molecule has 0 aliphatic carbocycles. The molecule has 0 unspecified atom stereocenters. The van der Waals surface area contributed by atoms with Gasteiger partial charge in [-0.1, -0.05) is 31.9 Å². The van der Waals surface area contributed by atoms with Gasteiger partial charge in [-0.25, -0.2) is 0 Å². The van der Waals surface area contributed by atoms with Gasteiger partial charge in [0.05, 0.1) is 0 Å². The zero-order valence-corrected chi connectivity index (χ0v) is 8.76. The van der Waals surface area contributed by atoms with Gasteiger partial charge in [-0.3, -0.25) is 0 Å². The molecule has 0 aromatic rings. The first kappa shape index (κ1) is 12.3. The maximum Gasteiger partial charge on any atom is -0.0126 e. The fourth-order valence-electron chi connectivity index (χ4n) is 1.23. The van der Waals surface area contributed by atoms with Crippen molar-refractivity contribution < 1.29 is 0 Å². The molecule has 73 valence electrons. The third-order valence-electron chi connectivity index (χ3n) is 1.99. The largest absolute Gasteiger partial charge is 0.125 e.